The Labute approximate surface area is 194 Å². The Balaban J connectivity index is 1.37. The Morgan fingerprint density at radius 3 is 2.61 bits per heavy atom. The third kappa shape index (κ3) is 6.29. The van der Waals surface area contributed by atoms with Gasteiger partial charge in [0.25, 0.3) is 0 Å². The van der Waals surface area contributed by atoms with Crippen LogP contribution in [0.1, 0.15) is 22.3 Å². The lowest BCUT2D eigenvalue weighted by molar-refractivity contribution is 0.306. The molecule has 156 valence electrons. The van der Waals surface area contributed by atoms with Crippen molar-refractivity contribution < 1.29 is 4.74 Å². The first kappa shape index (κ1) is 21.3. The average Bonchev–Trinajstić information content (AvgIpc) is 3.25. The van der Waals surface area contributed by atoms with Crippen molar-refractivity contribution in [2.24, 2.45) is 5.10 Å². The molecular weight excluding hydrogens is 472 g/mol. The molecule has 0 saturated heterocycles. The van der Waals surface area contributed by atoms with Gasteiger partial charge in [-0.1, -0.05) is 81.8 Å². The molecule has 0 atom stereocenters. The molecule has 0 radical (unpaired) electrons. The standard InChI is InChI=1S/C24H21BrN4OS/c1-18-5-7-20(8-6-18)16-31-24-28-26-17-29(24)27-14-21-3-2-4-23(13-21)30-15-19-9-11-22(25)12-10-19/h2-14,17H,15-16H2,1H3/b27-14+. The van der Waals surface area contributed by atoms with E-state index in [2.05, 4.69) is 62.4 Å². The number of benzene rings is 3. The van der Waals surface area contributed by atoms with Gasteiger partial charge in [0.1, 0.15) is 18.7 Å². The van der Waals surface area contributed by atoms with E-state index in [9.17, 15) is 0 Å². The lowest BCUT2D eigenvalue weighted by atomic mass is 10.2. The average molecular weight is 493 g/mol. The molecule has 0 aliphatic heterocycles. The maximum Gasteiger partial charge on any atom is 0.212 e. The second kappa shape index (κ2) is 10.4. The smallest absolute Gasteiger partial charge is 0.212 e. The first-order chi connectivity index (χ1) is 15.2. The molecule has 3 aromatic carbocycles. The summed E-state index contributed by atoms with van der Waals surface area (Å²) in [5.41, 5.74) is 4.55. The highest BCUT2D eigenvalue weighted by Gasteiger charge is 2.05. The molecule has 7 heteroatoms. The van der Waals surface area contributed by atoms with E-state index in [1.54, 1.807) is 29.0 Å². The van der Waals surface area contributed by atoms with E-state index in [1.807, 2.05) is 48.5 Å². The SMILES string of the molecule is Cc1ccc(CSc2nncn2/N=C/c2cccc(OCc3ccc(Br)cc3)c2)cc1. The van der Waals surface area contributed by atoms with Crippen molar-refractivity contribution in [1.82, 2.24) is 14.9 Å². The minimum Gasteiger partial charge on any atom is -0.489 e. The summed E-state index contributed by atoms with van der Waals surface area (Å²) in [6, 6.07) is 24.4. The highest BCUT2D eigenvalue weighted by molar-refractivity contribution is 9.10. The van der Waals surface area contributed by atoms with Crippen molar-refractivity contribution in [2.75, 3.05) is 0 Å². The molecule has 0 saturated carbocycles. The fraction of sp³-hybridized carbons (Fsp3) is 0.125. The first-order valence-electron chi connectivity index (χ1n) is 9.76. The highest BCUT2D eigenvalue weighted by Crippen LogP contribution is 2.21. The minimum absolute atomic E-state index is 0.513. The monoisotopic (exact) mass is 492 g/mol. The summed E-state index contributed by atoms with van der Waals surface area (Å²) in [6.45, 7) is 2.60. The zero-order chi connectivity index (χ0) is 21.5. The number of aromatic nitrogens is 3. The van der Waals surface area contributed by atoms with Gasteiger partial charge in [0.05, 0.1) is 6.21 Å². The molecule has 0 aliphatic carbocycles. The Kier molecular flexibility index (Phi) is 7.17. The predicted octanol–water partition coefficient (Wildman–Crippen LogP) is 6.10. The van der Waals surface area contributed by atoms with Gasteiger partial charge in [0.15, 0.2) is 0 Å². The van der Waals surface area contributed by atoms with Gasteiger partial charge in [-0.2, -0.15) is 9.78 Å². The summed E-state index contributed by atoms with van der Waals surface area (Å²) in [5.74, 6) is 1.61. The number of rotatable bonds is 8. The van der Waals surface area contributed by atoms with E-state index in [0.29, 0.717) is 6.61 Å². The summed E-state index contributed by atoms with van der Waals surface area (Å²) < 4.78 is 8.66. The molecule has 1 heterocycles. The van der Waals surface area contributed by atoms with E-state index < -0.39 is 0 Å². The molecule has 0 spiro atoms. The van der Waals surface area contributed by atoms with Crippen LogP contribution in [0.3, 0.4) is 0 Å². The summed E-state index contributed by atoms with van der Waals surface area (Å²) in [6.07, 6.45) is 3.40. The number of halogens is 1. The fourth-order valence-electron chi connectivity index (χ4n) is 2.79. The third-order valence-electron chi connectivity index (χ3n) is 4.50. The molecule has 4 aromatic rings. The predicted molar refractivity (Wildman–Crippen MR) is 129 cm³/mol. The van der Waals surface area contributed by atoms with Crippen molar-refractivity contribution in [2.45, 2.75) is 24.4 Å². The van der Waals surface area contributed by atoms with Gasteiger partial charge in [-0.15, -0.1) is 10.2 Å². The van der Waals surface area contributed by atoms with Crippen molar-refractivity contribution in [3.63, 3.8) is 0 Å². The molecule has 0 fully saturated rings. The molecule has 1 aromatic heterocycles. The topological polar surface area (TPSA) is 52.3 Å². The van der Waals surface area contributed by atoms with E-state index in [-0.39, 0.29) is 0 Å². The van der Waals surface area contributed by atoms with Gasteiger partial charge in [-0.3, -0.25) is 0 Å². The first-order valence-corrected chi connectivity index (χ1v) is 11.5. The van der Waals surface area contributed by atoms with Crippen LogP contribution in [-0.4, -0.2) is 21.1 Å². The Bertz CT molecular complexity index is 1160. The number of thioether (sulfide) groups is 1. The van der Waals surface area contributed by atoms with Crippen LogP contribution >= 0.6 is 27.7 Å². The van der Waals surface area contributed by atoms with Crippen LogP contribution in [0.2, 0.25) is 0 Å². The molecule has 4 rings (SSSR count). The van der Waals surface area contributed by atoms with E-state index in [0.717, 1.165) is 32.3 Å². The molecule has 0 aliphatic rings. The molecule has 0 amide bonds. The lowest BCUT2D eigenvalue weighted by Crippen LogP contribution is -1.96. The quantitative estimate of drug-likeness (QED) is 0.220. The molecular formula is C24H21BrN4OS. The van der Waals surface area contributed by atoms with E-state index in [4.69, 9.17) is 4.74 Å². The molecule has 0 N–H and O–H groups in total. The van der Waals surface area contributed by atoms with Crippen LogP contribution < -0.4 is 4.74 Å². The van der Waals surface area contributed by atoms with Gasteiger partial charge >= 0.3 is 0 Å². The Hall–Kier alpha value is -2.90. The van der Waals surface area contributed by atoms with Crippen molar-refractivity contribution in [1.29, 1.82) is 0 Å². The summed E-state index contributed by atoms with van der Waals surface area (Å²) >= 11 is 5.05. The van der Waals surface area contributed by atoms with E-state index >= 15 is 0 Å². The second-order valence-electron chi connectivity index (χ2n) is 6.96. The van der Waals surface area contributed by atoms with Gasteiger partial charge in [0, 0.05) is 10.2 Å². The number of hydrogen-bond donors (Lipinski definition) is 0. The highest BCUT2D eigenvalue weighted by atomic mass is 79.9. The van der Waals surface area contributed by atoms with Crippen molar-refractivity contribution in [3.05, 3.63) is 106 Å². The zero-order valence-electron chi connectivity index (χ0n) is 17.0. The Morgan fingerprint density at radius 1 is 1.03 bits per heavy atom. The molecule has 0 unspecified atom stereocenters. The van der Waals surface area contributed by atoms with E-state index in [1.165, 1.54) is 11.1 Å². The van der Waals surface area contributed by atoms with Crippen molar-refractivity contribution >= 4 is 33.9 Å². The number of aryl methyl sites for hydroxylation is 1. The van der Waals surface area contributed by atoms with Gasteiger partial charge in [0.2, 0.25) is 5.16 Å². The molecule has 0 bridgehead atoms. The zero-order valence-corrected chi connectivity index (χ0v) is 19.4. The number of ether oxygens (including phenoxy) is 1. The van der Waals surface area contributed by atoms with Crippen LogP contribution in [-0.2, 0) is 12.4 Å². The van der Waals surface area contributed by atoms with Gasteiger partial charge < -0.3 is 4.74 Å². The van der Waals surface area contributed by atoms with Crippen LogP contribution in [0.25, 0.3) is 0 Å². The van der Waals surface area contributed by atoms with Gasteiger partial charge in [-0.25, -0.2) is 0 Å². The maximum absolute atomic E-state index is 5.92. The Morgan fingerprint density at radius 2 is 1.81 bits per heavy atom. The number of nitrogens with zero attached hydrogens (tertiary/aromatic N) is 4. The van der Waals surface area contributed by atoms with Crippen LogP contribution in [0, 0.1) is 6.92 Å². The summed E-state index contributed by atoms with van der Waals surface area (Å²) in [7, 11) is 0. The van der Waals surface area contributed by atoms with Crippen LogP contribution in [0.15, 0.2) is 93.9 Å². The molecule has 5 nitrogen and oxygen atoms in total. The summed E-state index contributed by atoms with van der Waals surface area (Å²) in [4.78, 5) is 0. The van der Waals surface area contributed by atoms with Crippen LogP contribution in [0.4, 0.5) is 0 Å². The van der Waals surface area contributed by atoms with Crippen molar-refractivity contribution in [3.8, 4) is 5.75 Å². The fourth-order valence-corrected chi connectivity index (χ4v) is 3.87. The minimum atomic E-state index is 0.513. The number of hydrogen-bond acceptors (Lipinski definition) is 5. The normalized spacial score (nSPS) is 11.2. The molecule has 31 heavy (non-hydrogen) atoms. The lowest BCUT2D eigenvalue weighted by Gasteiger charge is -2.07. The largest absolute Gasteiger partial charge is 0.489 e. The third-order valence-corrected chi connectivity index (χ3v) is 6.03. The maximum atomic E-state index is 5.92. The summed E-state index contributed by atoms with van der Waals surface area (Å²) in [5, 5.41) is 13.4. The second-order valence-corrected chi connectivity index (χ2v) is 8.82. The van der Waals surface area contributed by atoms with Gasteiger partial charge in [-0.05, 0) is 47.9 Å². The van der Waals surface area contributed by atoms with Crippen LogP contribution in [0.5, 0.6) is 5.75 Å².